The molecule has 1 unspecified atom stereocenters. The average Bonchev–Trinajstić information content (AvgIpc) is 3.36. The van der Waals surface area contributed by atoms with Gasteiger partial charge in [-0.05, 0) is 45.8 Å². The fraction of sp³-hybridized carbons (Fsp3) is 0.429. The number of thioether (sulfide) groups is 1. The zero-order valence-electron chi connectivity index (χ0n) is 12.9. The summed E-state index contributed by atoms with van der Waals surface area (Å²) < 4.78 is 9.16. The second-order valence-corrected chi connectivity index (χ2v) is 6.35. The highest BCUT2D eigenvalue weighted by Gasteiger charge is 2.19. The quantitative estimate of drug-likeness (QED) is 0.614. The predicted molar refractivity (Wildman–Crippen MR) is 85.5 cm³/mol. The highest BCUT2D eigenvalue weighted by atomic mass is 32.2. The van der Waals surface area contributed by atoms with Gasteiger partial charge >= 0.3 is 0 Å². The zero-order chi connectivity index (χ0) is 16.2. The van der Waals surface area contributed by atoms with Crippen molar-refractivity contribution >= 4 is 11.8 Å². The van der Waals surface area contributed by atoms with Crippen LogP contribution in [0.25, 0.3) is 5.69 Å². The van der Waals surface area contributed by atoms with Crippen LogP contribution in [0.5, 0.6) is 0 Å². The molecule has 0 bridgehead atoms. The monoisotopic (exact) mass is 344 g/mol. The molecule has 1 aromatic carbocycles. The molecule has 9 nitrogen and oxygen atoms in total. The first kappa shape index (κ1) is 15.2. The van der Waals surface area contributed by atoms with Crippen molar-refractivity contribution in [2.45, 2.75) is 36.4 Å². The second kappa shape index (κ2) is 7.05. The van der Waals surface area contributed by atoms with Crippen molar-refractivity contribution in [2.75, 3.05) is 6.61 Å². The van der Waals surface area contributed by atoms with Crippen LogP contribution in [0.4, 0.5) is 0 Å². The molecule has 0 aliphatic carbocycles. The molecule has 0 spiro atoms. The standard InChI is InChI=1S/C14H16N8OS/c1-2-5-11(6-3-1)22-13(15-17-20-22)10-24-14-16-18-19-21(14)9-12-7-4-8-23-12/h1-3,5-6,12H,4,7-10H2. The smallest absolute Gasteiger partial charge is 0.209 e. The number of rotatable bonds is 6. The number of benzene rings is 1. The van der Waals surface area contributed by atoms with Gasteiger partial charge in [-0.25, -0.2) is 4.68 Å². The molecule has 1 aliphatic heterocycles. The maximum atomic E-state index is 5.65. The maximum Gasteiger partial charge on any atom is 0.209 e. The number of nitrogens with zero attached hydrogens (tertiary/aromatic N) is 8. The van der Waals surface area contributed by atoms with E-state index in [9.17, 15) is 0 Å². The van der Waals surface area contributed by atoms with E-state index in [-0.39, 0.29) is 6.10 Å². The van der Waals surface area contributed by atoms with Crippen LogP contribution in [0.3, 0.4) is 0 Å². The van der Waals surface area contributed by atoms with Crippen LogP contribution in [-0.4, -0.2) is 53.1 Å². The lowest BCUT2D eigenvalue weighted by atomic mass is 10.2. The van der Waals surface area contributed by atoms with Crippen LogP contribution in [0.2, 0.25) is 0 Å². The Morgan fingerprint density at radius 2 is 2.00 bits per heavy atom. The number of aromatic nitrogens is 8. The first-order chi connectivity index (χ1) is 11.9. The van der Waals surface area contributed by atoms with Crippen molar-refractivity contribution in [1.29, 1.82) is 0 Å². The van der Waals surface area contributed by atoms with Gasteiger partial charge in [0.25, 0.3) is 0 Å². The normalized spacial score (nSPS) is 17.4. The SMILES string of the molecule is c1ccc(-n2nnnc2CSc2nnnn2CC2CCCO2)cc1. The van der Waals surface area contributed by atoms with Crippen LogP contribution in [0.1, 0.15) is 18.7 Å². The van der Waals surface area contributed by atoms with Crippen LogP contribution < -0.4 is 0 Å². The summed E-state index contributed by atoms with van der Waals surface area (Å²) in [5.74, 6) is 1.33. The lowest BCUT2D eigenvalue weighted by molar-refractivity contribution is 0.0912. The van der Waals surface area contributed by atoms with Gasteiger partial charge in [-0.3, -0.25) is 0 Å². The fourth-order valence-electron chi connectivity index (χ4n) is 2.59. The summed E-state index contributed by atoms with van der Waals surface area (Å²) in [5, 5.41) is 24.6. The number of hydrogen-bond acceptors (Lipinski definition) is 8. The van der Waals surface area contributed by atoms with Crippen LogP contribution in [0, 0.1) is 0 Å². The summed E-state index contributed by atoms with van der Waals surface area (Å²) in [4.78, 5) is 0. The average molecular weight is 344 g/mol. The lowest BCUT2D eigenvalue weighted by Gasteiger charge is -2.09. The van der Waals surface area contributed by atoms with E-state index in [1.807, 2.05) is 30.3 Å². The molecule has 0 radical (unpaired) electrons. The van der Waals surface area contributed by atoms with E-state index < -0.39 is 0 Å². The summed E-state index contributed by atoms with van der Waals surface area (Å²) in [5.41, 5.74) is 0.928. The molecule has 1 atom stereocenters. The molecule has 4 rings (SSSR count). The highest BCUT2D eigenvalue weighted by molar-refractivity contribution is 7.98. The van der Waals surface area contributed by atoms with E-state index in [4.69, 9.17) is 4.74 Å². The van der Waals surface area contributed by atoms with Gasteiger partial charge in [-0.1, -0.05) is 30.0 Å². The molecule has 3 heterocycles. The van der Waals surface area contributed by atoms with E-state index in [0.29, 0.717) is 12.3 Å². The third-order valence-corrected chi connectivity index (χ3v) is 4.72. The van der Waals surface area contributed by atoms with Crippen molar-refractivity contribution in [3.8, 4) is 5.69 Å². The number of para-hydroxylation sites is 1. The first-order valence-electron chi connectivity index (χ1n) is 7.73. The molecule has 2 aromatic heterocycles. The molecule has 0 amide bonds. The van der Waals surface area contributed by atoms with Gasteiger partial charge in [-0.2, -0.15) is 4.68 Å². The fourth-order valence-corrected chi connectivity index (χ4v) is 3.38. The molecule has 1 fully saturated rings. The zero-order valence-corrected chi connectivity index (χ0v) is 13.7. The number of ether oxygens (including phenoxy) is 1. The Hall–Kier alpha value is -2.33. The first-order valence-corrected chi connectivity index (χ1v) is 8.72. The van der Waals surface area contributed by atoms with Crippen molar-refractivity contribution < 1.29 is 4.74 Å². The molecule has 1 aliphatic rings. The number of tetrazole rings is 2. The topological polar surface area (TPSA) is 96.4 Å². The minimum absolute atomic E-state index is 0.197. The Morgan fingerprint density at radius 3 is 2.83 bits per heavy atom. The van der Waals surface area contributed by atoms with Gasteiger partial charge in [0.15, 0.2) is 5.82 Å². The summed E-state index contributed by atoms with van der Waals surface area (Å²) >= 11 is 1.51. The Bertz CT molecular complexity index is 783. The van der Waals surface area contributed by atoms with Crippen molar-refractivity contribution in [3.05, 3.63) is 36.2 Å². The predicted octanol–water partition coefficient (Wildman–Crippen LogP) is 1.12. The summed E-state index contributed by atoms with van der Waals surface area (Å²) in [6.45, 7) is 1.50. The Labute approximate surface area is 142 Å². The van der Waals surface area contributed by atoms with Gasteiger partial charge in [0.2, 0.25) is 5.16 Å². The van der Waals surface area contributed by atoms with Crippen molar-refractivity contribution in [3.63, 3.8) is 0 Å². The molecule has 24 heavy (non-hydrogen) atoms. The van der Waals surface area contributed by atoms with Crippen LogP contribution >= 0.6 is 11.8 Å². The van der Waals surface area contributed by atoms with Gasteiger partial charge in [0.1, 0.15) is 0 Å². The second-order valence-electron chi connectivity index (χ2n) is 5.41. The molecule has 124 valence electrons. The third-order valence-electron chi connectivity index (χ3n) is 3.76. The molecular formula is C14H16N8OS. The molecule has 10 heteroatoms. The highest BCUT2D eigenvalue weighted by Crippen LogP contribution is 2.21. The minimum Gasteiger partial charge on any atom is -0.376 e. The molecule has 0 N–H and O–H groups in total. The Morgan fingerprint density at radius 1 is 1.12 bits per heavy atom. The Balaban J connectivity index is 1.45. The van der Waals surface area contributed by atoms with Gasteiger partial charge in [0.05, 0.1) is 24.1 Å². The number of hydrogen-bond donors (Lipinski definition) is 0. The van der Waals surface area contributed by atoms with E-state index >= 15 is 0 Å². The molecule has 1 saturated heterocycles. The maximum absolute atomic E-state index is 5.65. The third kappa shape index (κ3) is 3.29. The molecule has 0 saturated carbocycles. The lowest BCUT2D eigenvalue weighted by Crippen LogP contribution is -2.17. The molecule has 3 aromatic rings. The van der Waals surface area contributed by atoms with Crippen molar-refractivity contribution in [2.24, 2.45) is 0 Å². The Kier molecular flexibility index (Phi) is 4.47. The van der Waals surface area contributed by atoms with Crippen LogP contribution in [-0.2, 0) is 17.0 Å². The summed E-state index contributed by atoms with van der Waals surface area (Å²) in [7, 11) is 0. The van der Waals surface area contributed by atoms with E-state index in [1.54, 1.807) is 9.36 Å². The van der Waals surface area contributed by atoms with Gasteiger partial charge < -0.3 is 4.74 Å². The van der Waals surface area contributed by atoms with E-state index in [0.717, 1.165) is 36.1 Å². The minimum atomic E-state index is 0.197. The molecular weight excluding hydrogens is 328 g/mol. The van der Waals surface area contributed by atoms with E-state index in [1.165, 1.54) is 11.8 Å². The van der Waals surface area contributed by atoms with Gasteiger partial charge in [0, 0.05) is 6.61 Å². The van der Waals surface area contributed by atoms with Crippen LogP contribution in [0.15, 0.2) is 35.5 Å². The van der Waals surface area contributed by atoms with Crippen molar-refractivity contribution in [1.82, 2.24) is 40.4 Å². The van der Waals surface area contributed by atoms with E-state index in [2.05, 4.69) is 31.1 Å². The van der Waals surface area contributed by atoms with Gasteiger partial charge in [-0.15, -0.1) is 10.2 Å². The summed E-state index contributed by atoms with van der Waals surface area (Å²) in [6, 6.07) is 9.80. The summed E-state index contributed by atoms with van der Waals surface area (Å²) in [6.07, 6.45) is 2.35. The largest absolute Gasteiger partial charge is 0.376 e.